The quantitative estimate of drug-likeness (QED) is 0.210. The van der Waals surface area contributed by atoms with E-state index in [0.717, 1.165) is 36.8 Å². The Morgan fingerprint density at radius 1 is 0.915 bits per heavy atom. The zero-order valence-corrected chi connectivity index (χ0v) is 34.5. The number of H-pyrrole nitrogens is 1. The number of aromatic amines is 1. The molecule has 5 amide bonds. The lowest BCUT2D eigenvalue weighted by Gasteiger charge is -2.34. The molecule has 3 aromatic rings. The van der Waals surface area contributed by atoms with Gasteiger partial charge in [-0.05, 0) is 67.3 Å². The number of hydrogen-bond acceptors (Lipinski definition) is 11. The lowest BCUT2D eigenvalue weighted by molar-refractivity contribution is -0.138. The molecular weight excluding hydrogens is 759 g/mol. The van der Waals surface area contributed by atoms with Gasteiger partial charge < -0.3 is 44.9 Å². The molecule has 1 aromatic heterocycles. The Kier molecular flexibility index (Phi) is 11.8. The number of imidazole rings is 1. The number of benzene rings is 2. The summed E-state index contributed by atoms with van der Waals surface area (Å²) in [6.07, 6.45) is 3.57. The maximum Gasteiger partial charge on any atom is 0.409 e. The number of alkyl carbamates (subject to hydrolysis) is 1. The van der Waals surface area contributed by atoms with Crippen molar-refractivity contribution in [2.75, 3.05) is 46.2 Å². The van der Waals surface area contributed by atoms with Gasteiger partial charge in [0.15, 0.2) is 5.75 Å². The minimum atomic E-state index is -0.729. The molecule has 2 fully saturated rings. The summed E-state index contributed by atoms with van der Waals surface area (Å²) < 4.78 is 16.0. The van der Waals surface area contributed by atoms with E-state index in [2.05, 4.69) is 25.9 Å². The first-order valence-electron chi connectivity index (χ1n) is 20.2. The Balaban J connectivity index is 1.04. The van der Waals surface area contributed by atoms with Crippen LogP contribution in [0.15, 0.2) is 47.6 Å². The van der Waals surface area contributed by atoms with Crippen molar-refractivity contribution in [2.24, 2.45) is 16.8 Å². The Hall–Kier alpha value is -6.13. The smallest absolute Gasteiger partial charge is 0.409 e. The number of carbonyl (C=O) groups excluding carboxylic acids is 5. The number of likely N-dealkylation sites (tertiary alicyclic amines) is 2. The molecule has 0 saturated carbocycles. The maximum atomic E-state index is 13.8. The number of fused-ring (bicyclic) bond motifs is 2. The highest BCUT2D eigenvalue weighted by Gasteiger charge is 2.41. The van der Waals surface area contributed by atoms with Crippen LogP contribution >= 0.6 is 0 Å². The van der Waals surface area contributed by atoms with Gasteiger partial charge in [-0.25, -0.2) is 14.6 Å². The van der Waals surface area contributed by atoms with E-state index in [0.29, 0.717) is 59.7 Å². The second kappa shape index (κ2) is 17.0. The number of anilines is 1. The van der Waals surface area contributed by atoms with Crippen LogP contribution in [0.3, 0.4) is 0 Å². The summed E-state index contributed by atoms with van der Waals surface area (Å²) in [5.41, 5.74) is 3.22. The van der Waals surface area contributed by atoms with Gasteiger partial charge in [0, 0.05) is 25.7 Å². The van der Waals surface area contributed by atoms with Crippen LogP contribution in [-0.4, -0.2) is 119 Å². The molecule has 59 heavy (non-hydrogen) atoms. The van der Waals surface area contributed by atoms with Crippen molar-refractivity contribution in [3.8, 4) is 22.8 Å². The predicted octanol–water partition coefficient (Wildman–Crippen LogP) is 5.24. The molecule has 2 saturated heterocycles. The van der Waals surface area contributed by atoms with Gasteiger partial charge >= 0.3 is 12.2 Å². The Bertz CT molecular complexity index is 2150. The van der Waals surface area contributed by atoms with Crippen LogP contribution in [0.5, 0.6) is 11.5 Å². The van der Waals surface area contributed by atoms with Crippen molar-refractivity contribution in [1.82, 2.24) is 35.3 Å². The van der Waals surface area contributed by atoms with Crippen LogP contribution in [0.2, 0.25) is 0 Å². The first-order chi connectivity index (χ1) is 28.3. The number of methoxy groups -OCH3 is 2. The molecule has 17 nitrogen and oxygen atoms in total. The van der Waals surface area contributed by atoms with Crippen LogP contribution in [0, 0.1) is 11.8 Å². The summed E-state index contributed by atoms with van der Waals surface area (Å²) in [4.78, 5) is 83.3. The van der Waals surface area contributed by atoms with Gasteiger partial charge in [-0.2, -0.15) is 0 Å². The van der Waals surface area contributed by atoms with E-state index in [4.69, 9.17) is 19.2 Å². The molecule has 0 radical (unpaired) electrons. The lowest BCUT2D eigenvalue weighted by atomic mass is 10.0. The van der Waals surface area contributed by atoms with Crippen molar-refractivity contribution in [3.05, 3.63) is 59.5 Å². The average molecular weight is 812 g/mol. The molecule has 1 unspecified atom stereocenters. The molecule has 0 spiro atoms. The fraction of sp³-hybridized carbons (Fsp3) is 0.500. The molecule has 0 aliphatic carbocycles. The zero-order chi connectivity index (χ0) is 42.1. The molecule has 2 aromatic carbocycles. The summed E-state index contributed by atoms with van der Waals surface area (Å²) in [6.45, 7) is 9.10. The van der Waals surface area contributed by atoms with Crippen LogP contribution in [0.25, 0.3) is 11.3 Å². The number of carbonyl (C=O) groups is 5. The zero-order valence-electron chi connectivity index (χ0n) is 34.5. The number of nitrogens with one attached hydrogen (secondary N) is 4. The van der Waals surface area contributed by atoms with Crippen LogP contribution in [0.4, 0.5) is 15.3 Å². The molecule has 4 aliphatic rings. The Morgan fingerprint density at radius 3 is 2.34 bits per heavy atom. The number of amidine groups is 1. The first kappa shape index (κ1) is 41.0. The first-order valence-corrected chi connectivity index (χ1v) is 20.2. The molecule has 5 heterocycles. The van der Waals surface area contributed by atoms with Crippen molar-refractivity contribution in [2.45, 2.75) is 83.6 Å². The lowest BCUT2D eigenvalue weighted by Crippen LogP contribution is -2.54. The van der Waals surface area contributed by atoms with E-state index >= 15 is 0 Å². The standard InChI is InChI=1S/C42H53N9O8/c1-22(2)34(48-41(55)57-6)39(53)50-16-8-10-30(50)36-43-20-28(45-36)24-13-15-32-26(18-24)38(52)47-27-14-12-25(19-33(27)59-32)29-21-44-37(46-29)31-11-9-17-51(31)40(54)35(23(3)4)49(5)42(56)58-7/h12-15,18-19,21-23,28,30-31,34-35H,8-11,16-17,20H2,1-7H3,(H,43,45)(H,44,46)(H,47,52)(H,48,55)/t28?,30-,31-,34-,35-/m0/s1. The normalized spacial score (nSPS) is 20.7. The van der Waals surface area contributed by atoms with Gasteiger partial charge in [0.25, 0.3) is 5.91 Å². The van der Waals surface area contributed by atoms with Gasteiger partial charge in [0.2, 0.25) is 11.8 Å². The number of hydrogen-bond donors (Lipinski definition) is 4. The van der Waals surface area contributed by atoms with E-state index in [1.54, 1.807) is 35.2 Å². The third-order valence-electron chi connectivity index (χ3n) is 11.6. The van der Waals surface area contributed by atoms with E-state index in [-0.39, 0.29) is 47.7 Å². The predicted molar refractivity (Wildman–Crippen MR) is 218 cm³/mol. The average Bonchev–Trinajstić information content (AvgIpc) is 4.06. The summed E-state index contributed by atoms with van der Waals surface area (Å²) >= 11 is 0. The van der Waals surface area contributed by atoms with Crippen LogP contribution < -0.4 is 20.7 Å². The molecular formula is C42H53N9O8. The summed E-state index contributed by atoms with van der Waals surface area (Å²) in [7, 11) is 4.15. The van der Waals surface area contributed by atoms with E-state index in [9.17, 15) is 24.0 Å². The number of likely N-dealkylation sites (N-methyl/N-ethyl adjacent to an activating group) is 1. The molecule has 5 atom stereocenters. The highest BCUT2D eigenvalue weighted by atomic mass is 16.5. The highest BCUT2D eigenvalue weighted by Crippen LogP contribution is 2.40. The second-order valence-electron chi connectivity index (χ2n) is 16.1. The number of ether oxygens (including phenoxy) is 3. The van der Waals surface area contributed by atoms with Crippen molar-refractivity contribution >= 4 is 41.4 Å². The minimum absolute atomic E-state index is 0.132. The van der Waals surface area contributed by atoms with Gasteiger partial charge in [0.1, 0.15) is 29.5 Å². The minimum Gasteiger partial charge on any atom is -0.454 e. The van der Waals surface area contributed by atoms with E-state index < -0.39 is 24.3 Å². The fourth-order valence-corrected chi connectivity index (χ4v) is 8.55. The van der Waals surface area contributed by atoms with E-state index in [1.807, 2.05) is 52.0 Å². The van der Waals surface area contributed by atoms with Gasteiger partial charge in [-0.15, -0.1) is 0 Å². The van der Waals surface area contributed by atoms with Gasteiger partial charge in [0.05, 0.1) is 62.0 Å². The van der Waals surface area contributed by atoms with Crippen molar-refractivity contribution in [1.29, 1.82) is 0 Å². The third kappa shape index (κ3) is 8.14. The summed E-state index contributed by atoms with van der Waals surface area (Å²) in [5.74, 6) is 1.29. The van der Waals surface area contributed by atoms with Gasteiger partial charge in [-0.3, -0.25) is 24.3 Å². The monoisotopic (exact) mass is 811 g/mol. The molecule has 7 rings (SSSR count). The molecule has 4 N–H and O–H groups in total. The largest absolute Gasteiger partial charge is 0.454 e. The Labute approximate surface area is 343 Å². The summed E-state index contributed by atoms with van der Waals surface area (Å²) in [6, 6.07) is 8.81. The number of aromatic nitrogens is 2. The van der Waals surface area contributed by atoms with Crippen LogP contribution in [0.1, 0.15) is 87.2 Å². The number of nitrogens with zero attached hydrogens (tertiary/aromatic N) is 5. The second-order valence-corrected chi connectivity index (χ2v) is 16.1. The highest BCUT2D eigenvalue weighted by molar-refractivity contribution is 6.08. The third-order valence-corrected chi connectivity index (χ3v) is 11.6. The van der Waals surface area contributed by atoms with Crippen molar-refractivity contribution < 1.29 is 38.2 Å². The number of aliphatic imine (C=N–C) groups is 1. The molecule has 314 valence electrons. The molecule has 0 bridgehead atoms. The van der Waals surface area contributed by atoms with E-state index in [1.165, 1.54) is 19.1 Å². The molecule has 4 aliphatic heterocycles. The van der Waals surface area contributed by atoms with Crippen molar-refractivity contribution in [3.63, 3.8) is 0 Å². The number of rotatable bonds is 10. The topological polar surface area (TPSA) is 200 Å². The van der Waals surface area contributed by atoms with Crippen LogP contribution in [-0.2, 0) is 19.1 Å². The SMILES string of the molecule is COC(=O)N[C@H](C(=O)N1CCC[C@H]1C1=NCC(c2ccc3c(c2)C(=O)Nc2ccc(-c4cnc([C@@H]5CCCN5C(=O)[C@H](C(C)C)N(C)C(=O)OC)[nH]4)cc2O3)N1)C(C)C. The summed E-state index contributed by atoms with van der Waals surface area (Å²) in [5, 5.41) is 9.18. The number of amides is 5. The fourth-order valence-electron chi connectivity index (χ4n) is 8.55. The maximum absolute atomic E-state index is 13.8. The molecule has 17 heteroatoms. The Morgan fingerprint density at radius 2 is 1.64 bits per heavy atom. The van der Waals surface area contributed by atoms with Gasteiger partial charge in [-0.1, -0.05) is 39.8 Å².